The number of hydrogen-bond donors (Lipinski definition) is 0. The van der Waals surface area contributed by atoms with Crippen LogP contribution < -0.4 is 9.84 Å². The highest BCUT2D eigenvalue weighted by Gasteiger charge is 2.07. The smallest absolute Gasteiger partial charge is 0.127 e. The Balaban J connectivity index is 3.21. The number of methoxy groups -OCH3 is 1. The zero-order chi connectivity index (χ0) is 10.7. The van der Waals surface area contributed by atoms with Gasteiger partial charge in [0.05, 0.1) is 13.1 Å². The molecule has 1 rings (SSSR count). The Hall–Kier alpha value is -1.51. The van der Waals surface area contributed by atoms with E-state index in [1.54, 1.807) is 12.1 Å². The van der Waals surface area contributed by atoms with Crippen LogP contribution in [0.15, 0.2) is 18.2 Å². The summed E-state index contributed by atoms with van der Waals surface area (Å²) in [6.07, 6.45) is 0. The van der Waals surface area contributed by atoms with Gasteiger partial charge in [0.1, 0.15) is 5.75 Å². The van der Waals surface area contributed by atoms with E-state index in [2.05, 4.69) is 0 Å². The number of hydrogen-bond acceptors (Lipinski definition) is 3. The summed E-state index contributed by atoms with van der Waals surface area (Å²) in [6, 6.07) is 5.11. The second-order valence-electron chi connectivity index (χ2n) is 3.40. The van der Waals surface area contributed by atoms with Gasteiger partial charge in [-0.15, -0.1) is 0 Å². The maximum absolute atomic E-state index is 10.8. The summed E-state index contributed by atoms with van der Waals surface area (Å²) in [5.74, 6) is -0.572. The normalized spacial score (nSPS) is 10.3. The summed E-state index contributed by atoms with van der Waals surface area (Å²) in [7, 11) is 1.44. The van der Waals surface area contributed by atoms with Gasteiger partial charge in [0.2, 0.25) is 0 Å². The van der Waals surface area contributed by atoms with Crippen LogP contribution in [-0.4, -0.2) is 13.1 Å². The van der Waals surface area contributed by atoms with E-state index in [4.69, 9.17) is 4.74 Å². The molecule has 0 fully saturated rings. The molecule has 0 aliphatic carbocycles. The molecule has 0 bridgehead atoms. The molecule has 0 aliphatic heterocycles. The monoisotopic (exact) mass is 193 g/mol. The Morgan fingerprint density at radius 3 is 2.50 bits per heavy atom. The second-order valence-corrected chi connectivity index (χ2v) is 3.40. The molecular formula is C11H13O3-. The first-order chi connectivity index (χ1) is 6.56. The van der Waals surface area contributed by atoms with Crippen molar-refractivity contribution in [3.63, 3.8) is 0 Å². The van der Waals surface area contributed by atoms with Crippen molar-refractivity contribution in [2.45, 2.75) is 19.8 Å². The molecule has 0 atom stereocenters. The van der Waals surface area contributed by atoms with Crippen LogP contribution in [-0.2, 0) is 0 Å². The molecule has 0 aromatic heterocycles. The van der Waals surface area contributed by atoms with Gasteiger partial charge < -0.3 is 14.6 Å². The molecule has 0 spiro atoms. The Bertz CT molecular complexity index is 342. The van der Waals surface area contributed by atoms with Crippen LogP contribution in [0.25, 0.3) is 0 Å². The van der Waals surface area contributed by atoms with E-state index in [0.29, 0.717) is 11.7 Å². The largest absolute Gasteiger partial charge is 0.545 e. The molecule has 0 heterocycles. The average Bonchev–Trinajstić information content (AvgIpc) is 2.16. The van der Waals surface area contributed by atoms with E-state index in [0.717, 1.165) is 5.56 Å². The van der Waals surface area contributed by atoms with Gasteiger partial charge in [-0.3, -0.25) is 0 Å². The van der Waals surface area contributed by atoms with Crippen molar-refractivity contribution in [1.29, 1.82) is 0 Å². The lowest BCUT2D eigenvalue weighted by Gasteiger charge is -2.12. The quantitative estimate of drug-likeness (QED) is 0.724. The topological polar surface area (TPSA) is 49.4 Å². The molecule has 1 aromatic carbocycles. The van der Waals surface area contributed by atoms with Crippen molar-refractivity contribution >= 4 is 5.97 Å². The lowest BCUT2D eigenvalue weighted by molar-refractivity contribution is -0.255. The van der Waals surface area contributed by atoms with E-state index in [-0.39, 0.29) is 5.56 Å². The fraction of sp³-hybridized carbons (Fsp3) is 0.364. The Morgan fingerprint density at radius 1 is 1.43 bits per heavy atom. The molecule has 3 nitrogen and oxygen atoms in total. The molecule has 1 aromatic rings. The van der Waals surface area contributed by atoms with Gasteiger partial charge >= 0.3 is 0 Å². The number of carboxylic acid groups (broad SMARTS) is 1. The van der Waals surface area contributed by atoms with Gasteiger partial charge in [-0.1, -0.05) is 19.9 Å². The van der Waals surface area contributed by atoms with Crippen LogP contribution in [0.1, 0.15) is 35.7 Å². The van der Waals surface area contributed by atoms with E-state index in [9.17, 15) is 9.90 Å². The van der Waals surface area contributed by atoms with Crippen molar-refractivity contribution in [3.05, 3.63) is 29.3 Å². The summed E-state index contributed by atoms with van der Waals surface area (Å²) in [4.78, 5) is 10.8. The SMILES string of the molecule is COc1ccc(C(C)C)cc1C(=O)[O-]. The molecule has 0 unspecified atom stereocenters. The van der Waals surface area contributed by atoms with Crippen molar-refractivity contribution in [1.82, 2.24) is 0 Å². The minimum Gasteiger partial charge on any atom is -0.545 e. The van der Waals surface area contributed by atoms with Gasteiger partial charge in [0, 0.05) is 5.56 Å². The van der Waals surface area contributed by atoms with Gasteiger partial charge in [0.15, 0.2) is 0 Å². The van der Waals surface area contributed by atoms with E-state index in [1.165, 1.54) is 7.11 Å². The first-order valence-electron chi connectivity index (χ1n) is 4.45. The summed E-state index contributed by atoms with van der Waals surface area (Å²) >= 11 is 0. The number of carbonyl (C=O) groups is 1. The fourth-order valence-corrected chi connectivity index (χ4v) is 1.24. The molecule has 0 amide bonds. The van der Waals surface area contributed by atoms with E-state index >= 15 is 0 Å². The van der Waals surface area contributed by atoms with Crippen LogP contribution in [0.4, 0.5) is 0 Å². The summed E-state index contributed by atoms with van der Waals surface area (Å²) < 4.78 is 4.92. The van der Waals surface area contributed by atoms with Gasteiger partial charge in [0.25, 0.3) is 0 Å². The highest BCUT2D eigenvalue weighted by atomic mass is 16.5. The van der Waals surface area contributed by atoms with Crippen molar-refractivity contribution in [3.8, 4) is 5.75 Å². The zero-order valence-corrected chi connectivity index (χ0v) is 8.53. The predicted molar refractivity (Wildman–Crippen MR) is 51.4 cm³/mol. The molecule has 0 N–H and O–H groups in total. The summed E-state index contributed by atoms with van der Waals surface area (Å²) in [6.45, 7) is 4.00. The predicted octanol–water partition coefficient (Wildman–Crippen LogP) is 1.18. The van der Waals surface area contributed by atoms with Crippen LogP contribution in [0.2, 0.25) is 0 Å². The maximum Gasteiger partial charge on any atom is 0.127 e. The summed E-state index contributed by atoms with van der Waals surface area (Å²) in [5, 5.41) is 10.8. The molecule has 3 heteroatoms. The molecule has 14 heavy (non-hydrogen) atoms. The first-order valence-corrected chi connectivity index (χ1v) is 4.45. The van der Waals surface area contributed by atoms with Crippen LogP contribution >= 0.6 is 0 Å². The minimum absolute atomic E-state index is 0.110. The lowest BCUT2D eigenvalue weighted by Crippen LogP contribution is -2.23. The molecule has 76 valence electrons. The summed E-state index contributed by atoms with van der Waals surface area (Å²) in [5.41, 5.74) is 1.07. The standard InChI is InChI=1S/C11H14O3/c1-7(2)8-4-5-10(14-3)9(6-8)11(12)13/h4-7H,1-3H3,(H,12,13)/p-1. The van der Waals surface area contributed by atoms with E-state index < -0.39 is 5.97 Å². The highest BCUT2D eigenvalue weighted by molar-refractivity contribution is 5.89. The van der Waals surface area contributed by atoms with Gasteiger partial charge in [-0.25, -0.2) is 0 Å². The second kappa shape index (κ2) is 4.13. The van der Waals surface area contributed by atoms with Crippen LogP contribution in [0.3, 0.4) is 0 Å². The van der Waals surface area contributed by atoms with Crippen LogP contribution in [0.5, 0.6) is 5.75 Å². The molecule has 0 radical (unpaired) electrons. The first kappa shape index (κ1) is 10.6. The van der Waals surface area contributed by atoms with Gasteiger partial charge in [-0.05, 0) is 23.6 Å². The third kappa shape index (κ3) is 2.05. The van der Waals surface area contributed by atoms with E-state index in [1.807, 2.05) is 19.9 Å². The Kier molecular flexibility index (Phi) is 3.12. The number of ether oxygens (including phenoxy) is 1. The number of aromatic carboxylic acids is 1. The fourth-order valence-electron chi connectivity index (χ4n) is 1.24. The zero-order valence-electron chi connectivity index (χ0n) is 8.53. The number of benzene rings is 1. The van der Waals surface area contributed by atoms with Crippen LogP contribution in [0, 0.1) is 0 Å². The van der Waals surface area contributed by atoms with Crippen molar-refractivity contribution < 1.29 is 14.6 Å². The third-order valence-corrected chi connectivity index (χ3v) is 2.11. The number of carbonyl (C=O) groups excluding carboxylic acids is 1. The maximum atomic E-state index is 10.8. The molecule has 0 saturated heterocycles. The Labute approximate surface area is 83.3 Å². The van der Waals surface area contributed by atoms with Crippen molar-refractivity contribution in [2.24, 2.45) is 0 Å². The molecular weight excluding hydrogens is 180 g/mol. The Morgan fingerprint density at radius 2 is 2.07 bits per heavy atom. The van der Waals surface area contributed by atoms with Crippen molar-refractivity contribution in [2.75, 3.05) is 7.11 Å². The van der Waals surface area contributed by atoms with Gasteiger partial charge in [-0.2, -0.15) is 0 Å². The lowest BCUT2D eigenvalue weighted by atomic mass is 10.0. The number of carboxylic acids is 1. The highest BCUT2D eigenvalue weighted by Crippen LogP contribution is 2.23. The third-order valence-electron chi connectivity index (χ3n) is 2.11. The average molecular weight is 193 g/mol. The number of rotatable bonds is 3. The minimum atomic E-state index is -1.20. The molecule has 0 saturated carbocycles. The molecule has 0 aliphatic rings.